The van der Waals surface area contributed by atoms with Gasteiger partial charge < -0.3 is 16.2 Å². The predicted octanol–water partition coefficient (Wildman–Crippen LogP) is 1.86. The Hall–Kier alpha value is -0.820. The van der Waals surface area contributed by atoms with Gasteiger partial charge in [-0.05, 0) is 46.5 Å². The highest BCUT2D eigenvalue weighted by molar-refractivity contribution is 5.81. The van der Waals surface area contributed by atoms with Crippen LogP contribution in [0.1, 0.15) is 46.5 Å². The predicted molar refractivity (Wildman–Crippen MR) is 64.2 cm³/mol. The third-order valence-corrected chi connectivity index (χ3v) is 3.40. The number of ether oxygens (including phenoxy) is 1. The van der Waals surface area contributed by atoms with E-state index in [1.165, 1.54) is 0 Å². The molecule has 0 spiro atoms. The summed E-state index contributed by atoms with van der Waals surface area (Å²) < 4.78 is 43.5. The van der Waals surface area contributed by atoms with Gasteiger partial charge in [0.1, 0.15) is 16.7 Å². The molecule has 1 aliphatic rings. The van der Waals surface area contributed by atoms with E-state index >= 15 is 0 Å². The molecule has 19 heavy (non-hydrogen) atoms. The Labute approximate surface area is 110 Å². The van der Waals surface area contributed by atoms with Crippen molar-refractivity contribution in [3.63, 3.8) is 0 Å². The fourth-order valence-electron chi connectivity index (χ4n) is 2.01. The molecule has 4 nitrogen and oxygen atoms in total. The number of nitrogens with two attached hydrogens (primary N) is 2. The van der Waals surface area contributed by atoms with E-state index < -0.39 is 28.8 Å². The highest BCUT2D eigenvalue weighted by atomic mass is 19.4. The molecule has 0 aromatic heterocycles. The maximum atomic E-state index is 12.8. The van der Waals surface area contributed by atoms with Crippen molar-refractivity contribution in [2.24, 2.45) is 11.5 Å². The van der Waals surface area contributed by atoms with Crippen LogP contribution in [0.25, 0.3) is 0 Å². The molecule has 0 aliphatic heterocycles. The van der Waals surface area contributed by atoms with E-state index in [1.54, 1.807) is 20.8 Å². The van der Waals surface area contributed by atoms with Crippen molar-refractivity contribution in [1.29, 1.82) is 0 Å². The highest BCUT2D eigenvalue weighted by Crippen LogP contribution is 2.42. The lowest BCUT2D eigenvalue weighted by Crippen LogP contribution is -2.62. The van der Waals surface area contributed by atoms with Crippen LogP contribution in [0, 0.1) is 0 Å². The fraction of sp³-hybridized carbons (Fsp3) is 0.917. The summed E-state index contributed by atoms with van der Waals surface area (Å²) in [5.41, 5.74) is 6.89. The van der Waals surface area contributed by atoms with E-state index in [2.05, 4.69) is 0 Å². The summed E-state index contributed by atoms with van der Waals surface area (Å²) in [4.78, 5) is 11.9. The number of hydrogen-bond acceptors (Lipinski definition) is 4. The summed E-state index contributed by atoms with van der Waals surface area (Å²) in [7, 11) is 0. The lowest BCUT2D eigenvalue weighted by Gasteiger charge is -2.42. The Balaban J connectivity index is 2.74. The van der Waals surface area contributed by atoms with E-state index in [9.17, 15) is 18.0 Å². The molecule has 0 bridgehead atoms. The van der Waals surface area contributed by atoms with Crippen LogP contribution in [0.4, 0.5) is 13.2 Å². The maximum absolute atomic E-state index is 12.8. The van der Waals surface area contributed by atoms with Gasteiger partial charge in [-0.15, -0.1) is 0 Å². The van der Waals surface area contributed by atoms with E-state index in [4.69, 9.17) is 16.2 Å². The van der Waals surface area contributed by atoms with E-state index in [1.807, 2.05) is 0 Å². The zero-order chi connectivity index (χ0) is 15.1. The molecule has 0 aromatic rings. The van der Waals surface area contributed by atoms with Crippen LogP contribution in [0.5, 0.6) is 0 Å². The molecule has 0 radical (unpaired) electrons. The van der Waals surface area contributed by atoms with Crippen molar-refractivity contribution in [2.75, 3.05) is 0 Å². The quantitative estimate of drug-likeness (QED) is 0.720. The monoisotopic (exact) mass is 282 g/mol. The molecular weight excluding hydrogens is 261 g/mol. The van der Waals surface area contributed by atoms with Crippen molar-refractivity contribution >= 4 is 5.97 Å². The average Bonchev–Trinajstić information content (AvgIpc) is 2.18. The fourth-order valence-corrected chi connectivity index (χ4v) is 2.01. The Morgan fingerprint density at radius 2 is 1.47 bits per heavy atom. The summed E-state index contributed by atoms with van der Waals surface area (Å²) in [5.74, 6) is -0.663. The Bertz CT molecular complexity index is 353. The summed E-state index contributed by atoms with van der Waals surface area (Å²) in [6, 6.07) is 0. The normalized spacial score (nSPS) is 33.1. The highest BCUT2D eigenvalue weighted by Gasteiger charge is 2.56. The Morgan fingerprint density at radius 3 is 1.79 bits per heavy atom. The molecule has 1 rings (SSSR count). The average molecular weight is 282 g/mol. The first-order chi connectivity index (χ1) is 8.29. The zero-order valence-electron chi connectivity index (χ0n) is 11.4. The molecule has 0 saturated heterocycles. The summed E-state index contributed by atoms with van der Waals surface area (Å²) >= 11 is 0. The molecule has 0 aromatic carbocycles. The first-order valence-electron chi connectivity index (χ1n) is 6.17. The summed E-state index contributed by atoms with van der Waals surface area (Å²) in [6.45, 7) is 5.04. The smallest absolute Gasteiger partial charge is 0.406 e. The molecule has 7 heteroatoms. The van der Waals surface area contributed by atoms with Gasteiger partial charge in [-0.2, -0.15) is 13.2 Å². The van der Waals surface area contributed by atoms with Gasteiger partial charge in [0.2, 0.25) is 0 Å². The SMILES string of the molecule is CC(C)(C)OC(=O)C1(N)CCC(N)(C(F)(F)F)CC1. The standard InChI is InChI=1S/C12H21F3N2O2/c1-9(2,3)19-8(18)10(16)4-6-11(17,7-5-10)12(13,14)15/h4-7,16-17H2,1-3H3. The first kappa shape index (κ1) is 16.2. The van der Waals surface area contributed by atoms with Gasteiger partial charge in [0.25, 0.3) is 0 Å². The molecule has 1 saturated carbocycles. The minimum absolute atomic E-state index is 0.127. The number of esters is 1. The summed E-state index contributed by atoms with van der Waals surface area (Å²) in [6.07, 6.45) is -5.48. The van der Waals surface area contributed by atoms with Gasteiger partial charge in [0.15, 0.2) is 0 Å². The van der Waals surface area contributed by atoms with Crippen LogP contribution in [0.2, 0.25) is 0 Å². The van der Waals surface area contributed by atoms with Crippen molar-refractivity contribution in [2.45, 2.75) is 69.3 Å². The number of halogens is 3. The number of carbonyl (C=O) groups excluding carboxylic acids is 1. The van der Waals surface area contributed by atoms with Crippen LogP contribution >= 0.6 is 0 Å². The van der Waals surface area contributed by atoms with Crippen molar-refractivity contribution in [3.8, 4) is 0 Å². The largest absolute Gasteiger partial charge is 0.459 e. The Kier molecular flexibility index (Phi) is 3.95. The first-order valence-corrected chi connectivity index (χ1v) is 6.17. The van der Waals surface area contributed by atoms with Crippen LogP contribution < -0.4 is 11.5 Å². The van der Waals surface area contributed by atoms with Gasteiger partial charge >= 0.3 is 12.1 Å². The number of hydrogen-bond donors (Lipinski definition) is 2. The second kappa shape index (κ2) is 4.63. The van der Waals surface area contributed by atoms with Crippen molar-refractivity contribution in [1.82, 2.24) is 0 Å². The molecule has 0 heterocycles. The van der Waals surface area contributed by atoms with Crippen LogP contribution in [0.3, 0.4) is 0 Å². The van der Waals surface area contributed by atoms with Gasteiger partial charge in [-0.3, -0.25) is 4.79 Å². The minimum Gasteiger partial charge on any atom is -0.459 e. The van der Waals surface area contributed by atoms with E-state index in [0.717, 1.165) is 0 Å². The molecular formula is C12H21F3N2O2. The van der Waals surface area contributed by atoms with Crippen LogP contribution in [-0.4, -0.2) is 28.8 Å². The van der Waals surface area contributed by atoms with Gasteiger partial charge in [0, 0.05) is 0 Å². The molecule has 112 valence electrons. The minimum atomic E-state index is -4.48. The van der Waals surface area contributed by atoms with Gasteiger partial charge in [0.05, 0.1) is 0 Å². The van der Waals surface area contributed by atoms with Crippen molar-refractivity contribution < 1.29 is 22.7 Å². The van der Waals surface area contributed by atoms with Gasteiger partial charge in [-0.1, -0.05) is 0 Å². The van der Waals surface area contributed by atoms with Crippen LogP contribution in [-0.2, 0) is 9.53 Å². The third kappa shape index (κ3) is 3.60. The lowest BCUT2D eigenvalue weighted by molar-refractivity contribution is -0.200. The topological polar surface area (TPSA) is 78.3 Å². The molecule has 1 fully saturated rings. The van der Waals surface area contributed by atoms with Crippen molar-refractivity contribution in [3.05, 3.63) is 0 Å². The molecule has 0 amide bonds. The number of carbonyl (C=O) groups is 1. The molecule has 1 aliphatic carbocycles. The second-order valence-corrected chi connectivity index (χ2v) is 6.31. The molecule has 0 atom stereocenters. The van der Waals surface area contributed by atoms with E-state index in [-0.39, 0.29) is 25.7 Å². The maximum Gasteiger partial charge on any atom is 0.406 e. The Morgan fingerprint density at radius 1 is 1.05 bits per heavy atom. The summed E-state index contributed by atoms with van der Waals surface area (Å²) in [5, 5.41) is 0. The lowest BCUT2D eigenvalue weighted by atomic mass is 9.72. The zero-order valence-corrected chi connectivity index (χ0v) is 11.4. The van der Waals surface area contributed by atoms with Gasteiger partial charge in [-0.25, -0.2) is 0 Å². The van der Waals surface area contributed by atoms with E-state index in [0.29, 0.717) is 0 Å². The second-order valence-electron chi connectivity index (χ2n) is 6.31. The van der Waals surface area contributed by atoms with Crippen LogP contribution in [0.15, 0.2) is 0 Å². The molecule has 0 unspecified atom stereocenters. The number of alkyl halides is 3. The third-order valence-electron chi connectivity index (χ3n) is 3.40. The number of rotatable bonds is 1. The molecule has 4 N–H and O–H groups in total.